The topological polar surface area (TPSA) is 31.4 Å². The first-order chi connectivity index (χ1) is 8.43. The average Bonchev–Trinajstić information content (AvgIpc) is 2.86. The Labute approximate surface area is 99.0 Å². The van der Waals surface area contributed by atoms with Crippen LogP contribution in [-0.4, -0.2) is 4.98 Å². The Morgan fingerprint density at radius 2 is 1.94 bits per heavy atom. The number of ether oxygens (including phenoxy) is 2. The molecule has 2 aromatic rings. The van der Waals surface area contributed by atoms with Gasteiger partial charge in [-0.05, 0) is 28.8 Å². The van der Waals surface area contributed by atoms with E-state index in [4.69, 9.17) is 9.47 Å². The van der Waals surface area contributed by atoms with Crippen molar-refractivity contribution in [2.45, 2.75) is 19.8 Å². The quantitative estimate of drug-likeness (QED) is 0.690. The van der Waals surface area contributed by atoms with Gasteiger partial charge < -0.3 is 9.47 Å². The van der Waals surface area contributed by atoms with Crippen molar-refractivity contribution in [3.8, 4) is 17.0 Å². The van der Waals surface area contributed by atoms with Crippen LogP contribution in [-0.2, 0) is 24.6 Å². The van der Waals surface area contributed by atoms with Crippen LogP contribution < -0.4 is 4.74 Å². The van der Waals surface area contributed by atoms with E-state index in [0.717, 1.165) is 11.4 Å². The summed E-state index contributed by atoms with van der Waals surface area (Å²) in [6, 6.07) is 8.14. The lowest BCUT2D eigenvalue weighted by Gasteiger charge is -2.21. The maximum atomic E-state index is 5.71. The third kappa shape index (κ3) is 1.23. The van der Waals surface area contributed by atoms with Crippen molar-refractivity contribution in [2.75, 3.05) is 0 Å². The van der Waals surface area contributed by atoms with Crippen LogP contribution in [0, 0.1) is 0 Å². The standard InChI is InChI=1S/C14H11NO2/c1-2-12-14(15-5-1)13-10(7-17-12)4-3-9-6-16-8-11(9)13/h1-5H,6-8H2. The summed E-state index contributed by atoms with van der Waals surface area (Å²) in [6.45, 7) is 2.03. The zero-order valence-corrected chi connectivity index (χ0v) is 9.27. The van der Waals surface area contributed by atoms with Gasteiger partial charge in [0.25, 0.3) is 0 Å². The fourth-order valence-corrected chi connectivity index (χ4v) is 2.57. The van der Waals surface area contributed by atoms with Gasteiger partial charge in [0.05, 0.1) is 13.2 Å². The van der Waals surface area contributed by atoms with E-state index in [1.54, 1.807) is 0 Å². The van der Waals surface area contributed by atoms with E-state index in [2.05, 4.69) is 17.1 Å². The van der Waals surface area contributed by atoms with Crippen molar-refractivity contribution >= 4 is 0 Å². The normalized spacial score (nSPS) is 15.8. The van der Waals surface area contributed by atoms with Gasteiger partial charge in [0.2, 0.25) is 0 Å². The van der Waals surface area contributed by atoms with Gasteiger partial charge in [-0.2, -0.15) is 0 Å². The summed E-state index contributed by atoms with van der Waals surface area (Å²) in [5.74, 6) is 0.875. The van der Waals surface area contributed by atoms with E-state index in [1.165, 1.54) is 22.3 Å². The first kappa shape index (κ1) is 9.19. The second kappa shape index (κ2) is 3.31. The summed E-state index contributed by atoms with van der Waals surface area (Å²) in [7, 11) is 0. The summed E-state index contributed by atoms with van der Waals surface area (Å²) in [4.78, 5) is 4.46. The predicted molar refractivity (Wildman–Crippen MR) is 62.5 cm³/mol. The minimum absolute atomic E-state index is 0.626. The largest absolute Gasteiger partial charge is 0.487 e. The smallest absolute Gasteiger partial charge is 0.146 e. The Kier molecular flexibility index (Phi) is 1.79. The number of hydrogen-bond acceptors (Lipinski definition) is 3. The second-order valence-electron chi connectivity index (χ2n) is 4.37. The molecule has 0 fully saturated rings. The molecular formula is C14H11NO2. The first-order valence-electron chi connectivity index (χ1n) is 5.73. The molecule has 0 bridgehead atoms. The molecule has 0 saturated carbocycles. The highest BCUT2D eigenvalue weighted by molar-refractivity contribution is 5.75. The molecule has 0 amide bonds. The van der Waals surface area contributed by atoms with Crippen molar-refractivity contribution in [1.82, 2.24) is 4.98 Å². The van der Waals surface area contributed by atoms with Gasteiger partial charge >= 0.3 is 0 Å². The monoisotopic (exact) mass is 225 g/mol. The van der Waals surface area contributed by atoms with Crippen molar-refractivity contribution in [2.24, 2.45) is 0 Å². The minimum Gasteiger partial charge on any atom is -0.487 e. The van der Waals surface area contributed by atoms with Gasteiger partial charge in [0, 0.05) is 11.8 Å². The molecule has 0 atom stereocenters. The van der Waals surface area contributed by atoms with Gasteiger partial charge in [-0.3, -0.25) is 4.98 Å². The van der Waals surface area contributed by atoms with Gasteiger partial charge in [0.15, 0.2) is 0 Å². The minimum atomic E-state index is 0.626. The van der Waals surface area contributed by atoms with Crippen LogP contribution in [0.2, 0.25) is 0 Å². The van der Waals surface area contributed by atoms with Crippen molar-refractivity contribution < 1.29 is 9.47 Å². The Morgan fingerprint density at radius 1 is 1.00 bits per heavy atom. The molecule has 0 spiro atoms. The molecule has 0 unspecified atom stereocenters. The van der Waals surface area contributed by atoms with E-state index >= 15 is 0 Å². The second-order valence-corrected chi connectivity index (χ2v) is 4.37. The molecule has 84 valence electrons. The van der Waals surface area contributed by atoms with Crippen LogP contribution >= 0.6 is 0 Å². The maximum Gasteiger partial charge on any atom is 0.146 e. The number of fused-ring (bicyclic) bond motifs is 5. The fourth-order valence-electron chi connectivity index (χ4n) is 2.57. The molecule has 2 aliphatic rings. The van der Waals surface area contributed by atoms with Crippen molar-refractivity contribution in [3.63, 3.8) is 0 Å². The number of pyridine rings is 1. The summed E-state index contributed by atoms with van der Waals surface area (Å²) in [5, 5.41) is 0. The Balaban J connectivity index is 2.05. The molecule has 0 radical (unpaired) electrons. The summed E-state index contributed by atoms with van der Waals surface area (Å²) in [6.07, 6.45) is 1.81. The van der Waals surface area contributed by atoms with E-state index in [0.29, 0.717) is 19.8 Å². The van der Waals surface area contributed by atoms with Crippen LogP contribution in [0.25, 0.3) is 11.3 Å². The van der Waals surface area contributed by atoms with Crippen LogP contribution in [0.3, 0.4) is 0 Å². The number of nitrogens with zero attached hydrogens (tertiary/aromatic N) is 1. The highest BCUT2D eigenvalue weighted by atomic mass is 16.5. The van der Waals surface area contributed by atoms with E-state index in [1.807, 2.05) is 18.3 Å². The summed E-state index contributed by atoms with van der Waals surface area (Å²) < 4.78 is 11.2. The fraction of sp³-hybridized carbons (Fsp3) is 0.214. The first-order valence-corrected chi connectivity index (χ1v) is 5.73. The number of rotatable bonds is 0. The number of hydrogen-bond donors (Lipinski definition) is 0. The Hall–Kier alpha value is -1.87. The van der Waals surface area contributed by atoms with Crippen LogP contribution in [0.5, 0.6) is 5.75 Å². The average molecular weight is 225 g/mol. The summed E-state index contributed by atoms with van der Waals surface area (Å²) >= 11 is 0. The molecule has 1 aromatic carbocycles. The van der Waals surface area contributed by atoms with E-state index in [9.17, 15) is 0 Å². The molecule has 1 aromatic heterocycles. The third-order valence-electron chi connectivity index (χ3n) is 3.39. The molecule has 3 heteroatoms. The van der Waals surface area contributed by atoms with Crippen molar-refractivity contribution in [3.05, 3.63) is 47.2 Å². The van der Waals surface area contributed by atoms with Crippen molar-refractivity contribution in [1.29, 1.82) is 0 Å². The molecule has 4 rings (SSSR count). The van der Waals surface area contributed by atoms with E-state index in [-0.39, 0.29) is 0 Å². The molecule has 17 heavy (non-hydrogen) atoms. The molecule has 0 saturated heterocycles. The third-order valence-corrected chi connectivity index (χ3v) is 3.39. The zero-order chi connectivity index (χ0) is 11.2. The van der Waals surface area contributed by atoms with Gasteiger partial charge in [0.1, 0.15) is 18.1 Å². The van der Waals surface area contributed by atoms with Gasteiger partial charge in [-0.15, -0.1) is 0 Å². The lowest BCUT2D eigenvalue weighted by atomic mass is 9.93. The molecule has 0 aliphatic carbocycles. The lowest BCUT2D eigenvalue weighted by Crippen LogP contribution is -2.08. The van der Waals surface area contributed by atoms with Crippen LogP contribution in [0.1, 0.15) is 16.7 Å². The molecule has 3 nitrogen and oxygen atoms in total. The van der Waals surface area contributed by atoms with E-state index < -0.39 is 0 Å². The lowest BCUT2D eigenvalue weighted by molar-refractivity contribution is 0.134. The number of benzene rings is 1. The van der Waals surface area contributed by atoms with Gasteiger partial charge in [-0.25, -0.2) is 0 Å². The number of aromatic nitrogens is 1. The highest BCUT2D eigenvalue weighted by Gasteiger charge is 2.25. The molecular weight excluding hydrogens is 214 g/mol. The zero-order valence-electron chi connectivity index (χ0n) is 9.27. The SMILES string of the molecule is c1cnc2c(c1)OCc1ccc3c(c1-2)COC3. The Morgan fingerprint density at radius 3 is 2.94 bits per heavy atom. The molecule has 2 aliphatic heterocycles. The Bertz CT molecular complexity index is 607. The highest BCUT2D eigenvalue weighted by Crippen LogP contribution is 2.40. The summed E-state index contributed by atoms with van der Waals surface area (Å²) in [5.41, 5.74) is 5.95. The molecule has 0 N–H and O–H groups in total. The maximum absolute atomic E-state index is 5.71. The van der Waals surface area contributed by atoms with Crippen LogP contribution in [0.15, 0.2) is 30.5 Å². The predicted octanol–water partition coefficient (Wildman–Crippen LogP) is 2.67. The van der Waals surface area contributed by atoms with Gasteiger partial charge in [-0.1, -0.05) is 12.1 Å². The molecule has 3 heterocycles. The van der Waals surface area contributed by atoms with Crippen LogP contribution in [0.4, 0.5) is 0 Å².